The highest BCUT2D eigenvalue weighted by molar-refractivity contribution is 7.99. The van der Waals surface area contributed by atoms with E-state index in [0.29, 0.717) is 22.6 Å². The number of hydrogen-bond donors (Lipinski definition) is 1. The number of nitrogens with two attached hydrogens (primary N) is 1. The molecule has 0 saturated carbocycles. The molecule has 5 rings (SSSR count). The van der Waals surface area contributed by atoms with Crippen molar-refractivity contribution in [2.75, 3.05) is 24.6 Å². The number of nitrogen functional groups attached to an aromatic ring is 1. The lowest BCUT2D eigenvalue weighted by Gasteiger charge is -2.32. The number of amides is 1. The molecule has 7 heteroatoms. The molecule has 1 fully saturated rings. The molecule has 0 atom stereocenters. The number of carbonyl (C=O) groups is 1. The van der Waals surface area contributed by atoms with Crippen molar-refractivity contribution in [2.24, 2.45) is 5.92 Å². The number of nitrogens with zero attached hydrogens (tertiary/aromatic N) is 3. The molecule has 162 valence electrons. The van der Waals surface area contributed by atoms with Gasteiger partial charge in [0.15, 0.2) is 5.16 Å². The Labute approximate surface area is 191 Å². The largest absolute Gasteiger partial charge is 0.383 e. The summed E-state index contributed by atoms with van der Waals surface area (Å²) < 4.78 is 0. The topological polar surface area (TPSA) is 72.1 Å². The summed E-state index contributed by atoms with van der Waals surface area (Å²) in [5, 5.41) is 1.67. The number of thiophene rings is 1. The molecule has 0 radical (unpaired) electrons. The molecule has 1 aliphatic carbocycles. The van der Waals surface area contributed by atoms with E-state index in [1.165, 1.54) is 40.6 Å². The number of hydrogen-bond acceptors (Lipinski definition) is 6. The molecule has 1 aromatic carbocycles. The second kappa shape index (κ2) is 9.17. The Morgan fingerprint density at radius 1 is 1.13 bits per heavy atom. The highest BCUT2D eigenvalue weighted by Gasteiger charge is 2.24. The highest BCUT2D eigenvalue weighted by atomic mass is 32.2. The van der Waals surface area contributed by atoms with Crippen LogP contribution in [0.2, 0.25) is 0 Å². The molecule has 0 spiro atoms. The van der Waals surface area contributed by atoms with Crippen molar-refractivity contribution < 1.29 is 4.79 Å². The molecule has 0 unspecified atom stereocenters. The highest BCUT2D eigenvalue weighted by Crippen LogP contribution is 2.38. The third kappa shape index (κ3) is 4.58. The first-order chi connectivity index (χ1) is 15.2. The minimum atomic E-state index is 0.177. The van der Waals surface area contributed by atoms with Gasteiger partial charge in [-0.3, -0.25) is 4.79 Å². The van der Waals surface area contributed by atoms with Crippen LogP contribution >= 0.6 is 23.1 Å². The quantitative estimate of drug-likeness (QED) is 0.448. The van der Waals surface area contributed by atoms with Crippen LogP contribution in [0.1, 0.15) is 41.7 Å². The molecule has 1 aliphatic heterocycles. The number of aromatic nitrogens is 2. The fraction of sp³-hybridized carbons (Fsp3) is 0.458. The van der Waals surface area contributed by atoms with E-state index in [4.69, 9.17) is 10.7 Å². The van der Waals surface area contributed by atoms with Crippen LogP contribution in [0.5, 0.6) is 0 Å². The standard InChI is InChI=1S/C24H28N4OS2/c25-22-21-18-8-4-5-9-19(18)31-23(21)27-24(26-22)30-15-20(29)28-12-10-17(11-13-28)14-16-6-2-1-3-7-16/h1-3,6-7,17H,4-5,8-15H2,(H2,25,26,27). The zero-order valence-electron chi connectivity index (χ0n) is 17.7. The number of benzene rings is 1. The summed E-state index contributed by atoms with van der Waals surface area (Å²) >= 11 is 3.17. The van der Waals surface area contributed by atoms with E-state index in [1.807, 2.05) is 4.90 Å². The average Bonchev–Trinajstić information content (AvgIpc) is 3.17. The van der Waals surface area contributed by atoms with Gasteiger partial charge in [-0.05, 0) is 62.0 Å². The van der Waals surface area contributed by atoms with E-state index in [2.05, 4.69) is 35.3 Å². The molecular weight excluding hydrogens is 424 g/mol. The van der Waals surface area contributed by atoms with Gasteiger partial charge in [0.1, 0.15) is 10.6 Å². The molecule has 2 N–H and O–H groups in total. The van der Waals surface area contributed by atoms with Crippen LogP contribution in [0.3, 0.4) is 0 Å². The molecule has 1 amide bonds. The number of aryl methyl sites for hydroxylation is 2. The number of anilines is 1. The minimum Gasteiger partial charge on any atom is -0.383 e. The van der Waals surface area contributed by atoms with Gasteiger partial charge in [-0.2, -0.15) is 0 Å². The third-order valence-corrected chi connectivity index (χ3v) is 8.50. The molecule has 3 heterocycles. The van der Waals surface area contributed by atoms with Crippen molar-refractivity contribution in [2.45, 2.75) is 50.1 Å². The van der Waals surface area contributed by atoms with Crippen molar-refractivity contribution in [3.8, 4) is 0 Å². The predicted molar refractivity (Wildman–Crippen MR) is 129 cm³/mol. The van der Waals surface area contributed by atoms with E-state index in [1.54, 1.807) is 11.3 Å². The Balaban J connectivity index is 1.17. The van der Waals surface area contributed by atoms with Gasteiger partial charge in [-0.25, -0.2) is 9.97 Å². The van der Waals surface area contributed by atoms with Crippen molar-refractivity contribution in [1.82, 2.24) is 14.9 Å². The Morgan fingerprint density at radius 3 is 2.71 bits per heavy atom. The fourth-order valence-corrected chi connectivity index (χ4v) is 6.86. The maximum absolute atomic E-state index is 12.8. The Kier molecular flexibility index (Phi) is 6.14. The Bertz CT molecular complexity index is 1070. The molecule has 2 aromatic heterocycles. The molecule has 3 aromatic rings. The van der Waals surface area contributed by atoms with Gasteiger partial charge in [-0.15, -0.1) is 11.3 Å². The normalized spacial score (nSPS) is 17.1. The van der Waals surface area contributed by atoms with Crippen molar-refractivity contribution in [3.63, 3.8) is 0 Å². The van der Waals surface area contributed by atoms with Crippen LogP contribution in [-0.4, -0.2) is 39.6 Å². The van der Waals surface area contributed by atoms with Crippen LogP contribution in [0, 0.1) is 5.92 Å². The second-order valence-electron chi connectivity index (χ2n) is 8.59. The monoisotopic (exact) mass is 452 g/mol. The fourth-order valence-electron chi connectivity index (χ4n) is 4.78. The first-order valence-electron chi connectivity index (χ1n) is 11.2. The molecule has 2 aliphatic rings. The summed E-state index contributed by atoms with van der Waals surface area (Å²) in [4.78, 5) is 26.4. The van der Waals surface area contributed by atoms with Crippen molar-refractivity contribution >= 4 is 45.0 Å². The van der Waals surface area contributed by atoms with E-state index < -0.39 is 0 Å². The van der Waals surface area contributed by atoms with Gasteiger partial charge in [0.05, 0.1) is 11.1 Å². The Morgan fingerprint density at radius 2 is 1.90 bits per heavy atom. The number of thioether (sulfide) groups is 1. The number of piperidine rings is 1. The van der Waals surface area contributed by atoms with E-state index in [9.17, 15) is 4.79 Å². The molecule has 5 nitrogen and oxygen atoms in total. The smallest absolute Gasteiger partial charge is 0.233 e. The third-order valence-electron chi connectivity index (χ3n) is 6.48. The summed E-state index contributed by atoms with van der Waals surface area (Å²) in [6.45, 7) is 1.69. The number of rotatable bonds is 5. The molecule has 31 heavy (non-hydrogen) atoms. The van der Waals surface area contributed by atoms with Crippen LogP contribution in [0.15, 0.2) is 35.5 Å². The first-order valence-corrected chi connectivity index (χ1v) is 13.0. The summed E-state index contributed by atoms with van der Waals surface area (Å²) in [7, 11) is 0. The van der Waals surface area contributed by atoms with Gasteiger partial charge < -0.3 is 10.6 Å². The second-order valence-corrected chi connectivity index (χ2v) is 10.6. The van der Waals surface area contributed by atoms with Gasteiger partial charge in [0, 0.05) is 18.0 Å². The average molecular weight is 453 g/mol. The zero-order valence-corrected chi connectivity index (χ0v) is 19.3. The van der Waals surface area contributed by atoms with Crippen molar-refractivity contribution in [1.29, 1.82) is 0 Å². The predicted octanol–water partition coefficient (Wildman–Crippen LogP) is 4.73. The maximum atomic E-state index is 12.8. The first kappa shape index (κ1) is 20.8. The SMILES string of the molecule is Nc1nc(SCC(=O)N2CCC(Cc3ccccc3)CC2)nc2sc3c(c12)CCCC3. The lowest BCUT2D eigenvalue weighted by atomic mass is 9.90. The maximum Gasteiger partial charge on any atom is 0.233 e. The van der Waals surface area contributed by atoms with Gasteiger partial charge in [0.2, 0.25) is 5.91 Å². The zero-order chi connectivity index (χ0) is 21.2. The number of carbonyl (C=O) groups excluding carboxylic acids is 1. The summed E-state index contributed by atoms with van der Waals surface area (Å²) in [5.41, 5.74) is 9.05. The number of fused-ring (bicyclic) bond motifs is 3. The molecule has 0 bridgehead atoms. The number of likely N-dealkylation sites (tertiary alicyclic amines) is 1. The van der Waals surface area contributed by atoms with Gasteiger partial charge >= 0.3 is 0 Å². The van der Waals surface area contributed by atoms with Crippen molar-refractivity contribution in [3.05, 3.63) is 46.3 Å². The van der Waals surface area contributed by atoms with E-state index in [-0.39, 0.29) is 5.91 Å². The van der Waals surface area contributed by atoms with Gasteiger partial charge in [0.25, 0.3) is 0 Å². The van der Waals surface area contributed by atoms with Gasteiger partial charge in [-0.1, -0.05) is 42.1 Å². The van der Waals surface area contributed by atoms with Crippen LogP contribution in [-0.2, 0) is 24.1 Å². The lowest BCUT2D eigenvalue weighted by Crippen LogP contribution is -2.39. The summed E-state index contributed by atoms with van der Waals surface area (Å²) in [6.07, 6.45) is 7.90. The summed E-state index contributed by atoms with van der Waals surface area (Å²) in [6, 6.07) is 10.6. The van der Waals surface area contributed by atoms with Crippen LogP contribution in [0.25, 0.3) is 10.2 Å². The van der Waals surface area contributed by atoms with E-state index >= 15 is 0 Å². The molecular formula is C24H28N4OS2. The van der Waals surface area contributed by atoms with E-state index in [0.717, 1.165) is 55.4 Å². The summed E-state index contributed by atoms with van der Waals surface area (Å²) in [5.74, 6) is 1.78. The molecule has 1 saturated heterocycles. The van der Waals surface area contributed by atoms with Crippen LogP contribution < -0.4 is 5.73 Å². The lowest BCUT2D eigenvalue weighted by molar-refractivity contribution is -0.129. The minimum absolute atomic E-state index is 0.177. The van der Waals surface area contributed by atoms with Crippen LogP contribution in [0.4, 0.5) is 5.82 Å². The Hall–Kier alpha value is -2.12.